The van der Waals surface area contributed by atoms with Crippen LogP contribution in [0.4, 0.5) is 0 Å². The van der Waals surface area contributed by atoms with Crippen LogP contribution in [0.1, 0.15) is 71.6 Å². The number of nitrogens with zero attached hydrogens (tertiary/aromatic N) is 1. The smallest absolute Gasteiger partial charge is 0.355 e. The molecule has 1 amide bonds. The zero-order chi connectivity index (χ0) is 19.0. The molecule has 6 nitrogen and oxygen atoms in total. The van der Waals surface area contributed by atoms with Crippen LogP contribution in [-0.4, -0.2) is 46.7 Å². The first kappa shape index (κ1) is 18.7. The topological polar surface area (TPSA) is 79.5 Å². The minimum absolute atomic E-state index is 0.0903. The lowest BCUT2D eigenvalue weighted by Gasteiger charge is -2.29. The van der Waals surface area contributed by atoms with Gasteiger partial charge in [0.15, 0.2) is 5.78 Å². The summed E-state index contributed by atoms with van der Waals surface area (Å²) in [5, 5.41) is 0. The van der Waals surface area contributed by atoms with Gasteiger partial charge in [0.1, 0.15) is 5.69 Å². The molecule has 0 aromatic carbocycles. The molecular weight excluding hydrogens is 332 g/mol. The third kappa shape index (κ3) is 3.69. The second-order valence-corrected chi connectivity index (χ2v) is 7.59. The van der Waals surface area contributed by atoms with Crippen LogP contribution in [0, 0.1) is 25.7 Å². The lowest BCUT2D eigenvalue weighted by molar-refractivity contribution is -0.134. The molecule has 1 atom stereocenters. The highest BCUT2D eigenvalue weighted by molar-refractivity contribution is 6.06. The summed E-state index contributed by atoms with van der Waals surface area (Å²) < 4.78 is 5.06. The molecule has 142 valence electrons. The monoisotopic (exact) mass is 360 g/mol. The van der Waals surface area contributed by atoms with Gasteiger partial charge in [-0.15, -0.1) is 0 Å². The van der Waals surface area contributed by atoms with E-state index in [2.05, 4.69) is 4.98 Å². The maximum Gasteiger partial charge on any atom is 0.355 e. The Kier molecular flexibility index (Phi) is 5.21. The fraction of sp³-hybridized carbons (Fsp3) is 0.650. The van der Waals surface area contributed by atoms with Crippen molar-refractivity contribution in [2.24, 2.45) is 11.8 Å². The molecule has 2 aliphatic carbocycles. The predicted octanol–water partition coefficient (Wildman–Crippen LogP) is 3.03. The van der Waals surface area contributed by atoms with Gasteiger partial charge in [0.2, 0.25) is 5.91 Å². The molecule has 26 heavy (non-hydrogen) atoms. The van der Waals surface area contributed by atoms with E-state index in [0.29, 0.717) is 35.0 Å². The third-order valence-electron chi connectivity index (χ3n) is 5.37. The van der Waals surface area contributed by atoms with Crippen molar-refractivity contribution in [3.05, 3.63) is 22.5 Å². The number of ether oxygens (including phenoxy) is 1. The zero-order valence-electron chi connectivity index (χ0n) is 16.1. The molecule has 0 saturated heterocycles. The molecule has 0 spiro atoms. The minimum atomic E-state index is -0.521. The van der Waals surface area contributed by atoms with E-state index in [-0.39, 0.29) is 24.2 Å². The van der Waals surface area contributed by atoms with Crippen molar-refractivity contribution >= 4 is 17.7 Å². The zero-order valence-corrected chi connectivity index (χ0v) is 16.1. The normalized spacial score (nSPS) is 17.7. The van der Waals surface area contributed by atoms with Crippen molar-refractivity contribution < 1.29 is 19.1 Å². The lowest BCUT2D eigenvalue weighted by Crippen LogP contribution is -2.45. The van der Waals surface area contributed by atoms with Gasteiger partial charge < -0.3 is 14.6 Å². The van der Waals surface area contributed by atoms with E-state index >= 15 is 0 Å². The number of rotatable bonds is 8. The second-order valence-electron chi connectivity index (χ2n) is 7.59. The Morgan fingerprint density at radius 1 is 1.19 bits per heavy atom. The quantitative estimate of drug-likeness (QED) is 0.571. The number of H-pyrrole nitrogens is 1. The van der Waals surface area contributed by atoms with Crippen molar-refractivity contribution in [2.75, 3.05) is 13.2 Å². The first-order valence-electron chi connectivity index (χ1n) is 9.56. The molecule has 2 saturated carbocycles. The number of amides is 1. The first-order valence-corrected chi connectivity index (χ1v) is 9.56. The fourth-order valence-electron chi connectivity index (χ4n) is 3.46. The van der Waals surface area contributed by atoms with Gasteiger partial charge >= 0.3 is 5.97 Å². The number of aryl methyl sites for hydroxylation is 1. The number of esters is 1. The van der Waals surface area contributed by atoms with Gasteiger partial charge in [-0.25, -0.2) is 4.79 Å². The summed E-state index contributed by atoms with van der Waals surface area (Å²) >= 11 is 0. The molecule has 0 bridgehead atoms. The van der Waals surface area contributed by atoms with Crippen molar-refractivity contribution in [1.29, 1.82) is 0 Å². The molecule has 2 aliphatic rings. The van der Waals surface area contributed by atoms with Crippen LogP contribution in [-0.2, 0) is 9.53 Å². The molecule has 0 aliphatic heterocycles. The average molecular weight is 360 g/mol. The van der Waals surface area contributed by atoms with E-state index in [9.17, 15) is 14.4 Å². The maximum atomic E-state index is 13.2. The maximum absolute atomic E-state index is 13.2. The van der Waals surface area contributed by atoms with Gasteiger partial charge in [-0.05, 0) is 64.9 Å². The van der Waals surface area contributed by atoms with Crippen molar-refractivity contribution in [3.63, 3.8) is 0 Å². The molecule has 1 heterocycles. The van der Waals surface area contributed by atoms with Crippen LogP contribution in [0.25, 0.3) is 0 Å². The molecule has 1 aromatic heterocycles. The molecule has 1 N–H and O–H groups in total. The molecular formula is C20H28N2O4. The number of ketones is 1. The summed E-state index contributed by atoms with van der Waals surface area (Å²) in [6.45, 7) is 8.03. The van der Waals surface area contributed by atoms with Gasteiger partial charge in [-0.2, -0.15) is 0 Å². The van der Waals surface area contributed by atoms with Crippen LogP contribution < -0.4 is 0 Å². The molecule has 3 rings (SSSR count). The number of carbonyl (C=O) groups excluding carboxylic acids is 3. The number of hydrogen-bond donors (Lipinski definition) is 1. The van der Waals surface area contributed by atoms with E-state index in [0.717, 1.165) is 25.7 Å². The largest absolute Gasteiger partial charge is 0.461 e. The van der Waals surface area contributed by atoms with Crippen molar-refractivity contribution in [1.82, 2.24) is 9.88 Å². The number of hydrogen-bond acceptors (Lipinski definition) is 4. The van der Waals surface area contributed by atoms with Crippen LogP contribution in [0.3, 0.4) is 0 Å². The Morgan fingerprint density at radius 3 is 2.38 bits per heavy atom. The van der Waals surface area contributed by atoms with E-state index in [1.807, 2.05) is 0 Å². The highest BCUT2D eigenvalue weighted by Gasteiger charge is 2.40. The highest BCUT2D eigenvalue weighted by Crippen LogP contribution is 2.36. The first-order chi connectivity index (χ1) is 12.3. The minimum Gasteiger partial charge on any atom is -0.461 e. The average Bonchev–Trinajstić information content (AvgIpc) is 3.50. The molecule has 2 fully saturated rings. The summed E-state index contributed by atoms with van der Waals surface area (Å²) in [6, 6.07) is -0.521. The number of Topliss-reactive ketones (excluding diaryl/α,β-unsaturated/α-hetero) is 1. The third-order valence-corrected chi connectivity index (χ3v) is 5.37. The van der Waals surface area contributed by atoms with Gasteiger partial charge in [0.25, 0.3) is 0 Å². The molecule has 1 aromatic rings. The van der Waals surface area contributed by atoms with E-state index in [1.165, 1.54) is 0 Å². The van der Waals surface area contributed by atoms with E-state index in [4.69, 9.17) is 4.74 Å². The van der Waals surface area contributed by atoms with Crippen molar-refractivity contribution in [3.8, 4) is 0 Å². The standard InChI is InChI=1S/C20H28N2O4/c1-5-26-20(25)17-11(2)16(12(3)21-17)18(23)13(4)22(10-14-6-7-14)19(24)15-8-9-15/h13-15,21H,5-10H2,1-4H3/t13-/m0/s1. The second kappa shape index (κ2) is 7.25. The Bertz CT molecular complexity index is 728. The van der Waals surface area contributed by atoms with Crippen LogP contribution in [0.2, 0.25) is 0 Å². The number of carbonyl (C=O) groups is 3. The predicted molar refractivity (Wildman–Crippen MR) is 97.2 cm³/mol. The summed E-state index contributed by atoms with van der Waals surface area (Å²) in [5.41, 5.74) is 2.07. The van der Waals surface area contributed by atoms with Gasteiger partial charge in [-0.3, -0.25) is 9.59 Å². The Hall–Kier alpha value is -2.11. The fourth-order valence-corrected chi connectivity index (χ4v) is 3.46. The van der Waals surface area contributed by atoms with Crippen LogP contribution in [0.5, 0.6) is 0 Å². The number of nitrogens with one attached hydrogen (secondary N) is 1. The molecule has 6 heteroatoms. The summed E-state index contributed by atoms with van der Waals surface area (Å²) in [4.78, 5) is 42.8. The highest BCUT2D eigenvalue weighted by atomic mass is 16.5. The van der Waals surface area contributed by atoms with Gasteiger partial charge in [-0.1, -0.05) is 0 Å². The molecule has 0 radical (unpaired) electrons. The molecule has 0 unspecified atom stereocenters. The Labute approximate surface area is 154 Å². The Balaban J connectivity index is 1.84. The van der Waals surface area contributed by atoms with Gasteiger partial charge in [0.05, 0.1) is 12.6 Å². The van der Waals surface area contributed by atoms with Gasteiger partial charge in [0, 0.05) is 23.7 Å². The van der Waals surface area contributed by atoms with E-state index in [1.54, 1.807) is 32.6 Å². The van der Waals surface area contributed by atoms with Crippen LogP contribution >= 0.6 is 0 Å². The number of aromatic nitrogens is 1. The van der Waals surface area contributed by atoms with Crippen LogP contribution in [0.15, 0.2) is 0 Å². The Morgan fingerprint density at radius 2 is 1.85 bits per heavy atom. The van der Waals surface area contributed by atoms with E-state index < -0.39 is 12.0 Å². The summed E-state index contributed by atoms with van der Waals surface area (Å²) in [7, 11) is 0. The summed E-state index contributed by atoms with van der Waals surface area (Å²) in [5.74, 6) is 0.156. The van der Waals surface area contributed by atoms with Crippen molar-refractivity contribution in [2.45, 2.75) is 59.4 Å². The lowest BCUT2D eigenvalue weighted by atomic mass is 9.99. The summed E-state index contributed by atoms with van der Waals surface area (Å²) in [6.07, 6.45) is 4.11. The number of aromatic amines is 1. The SMILES string of the molecule is CCOC(=O)c1[nH]c(C)c(C(=O)[C@H](C)N(CC2CC2)C(=O)C2CC2)c1C.